The number of halogens is 1. The Hall–Kier alpha value is -3.71. The third kappa shape index (κ3) is 2.74. The van der Waals surface area contributed by atoms with Gasteiger partial charge in [0.05, 0.1) is 5.92 Å². The number of rotatable bonds is 3. The summed E-state index contributed by atoms with van der Waals surface area (Å²) in [6, 6.07) is 17.0. The average molecular weight is 432 g/mol. The third-order valence-electron chi connectivity index (χ3n) is 6.70. The zero-order valence-electron chi connectivity index (χ0n) is 17.2. The lowest BCUT2D eigenvalue weighted by molar-refractivity contribution is -0.126. The minimum absolute atomic E-state index is 0.264. The number of phenolic OH excluding ortho intramolecular Hbond substituents is 2. The van der Waals surface area contributed by atoms with E-state index >= 15 is 0 Å². The van der Waals surface area contributed by atoms with Crippen molar-refractivity contribution in [1.29, 1.82) is 0 Å². The summed E-state index contributed by atoms with van der Waals surface area (Å²) in [5.41, 5.74) is 1.02. The number of phenols is 2. The summed E-state index contributed by atoms with van der Waals surface area (Å²) in [7, 11) is 1.80. The van der Waals surface area contributed by atoms with Crippen LogP contribution in [-0.2, 0) is 10.3 Å². The molecule has 32 heavy (non-hydrogen) atoms. The molecule has 0 aliphatic carbocycles. The zero-order valence-corrected chi connectivity index (χ0v) is 17.2. The number of para-hydroxylation sites is 1. The molecule has 6 nitrogen and oxygen atoms in total. The van der Waals surface area contributed by atoms with E-state index in [-0.39, 0.29) is 23.2 Å². The first-order chi connectivity index (χ1) is 15.3. The van der Waals surface area contributed by atoms with Gasteiger partial charge in [-0.3, -0.25) is 14.5 Å². The molecule has 3 aromatic carbocycles. The normalized spacial score (nSPS) is 24.5. The molecule has 2 heterocycles. The molecule has 3 N–H and O–H groups in total. The van der Waals surface area contributed by atoms with Crippen molar-refractivity contribution in [2.75, 3.05) is 18.9 Å². The number of nitrogens with one attached hydrogen (secondary N) is 1. The third-order valence-corrected chi connectivity index (χ3v) is 6.70. The Bertz CT molecular complexity index is 1240. The van der Waals surface area contributed by atoms with Crippen molar-refractivity contribution >= 4 is 17.4 Å². The molecule has 0 saturated carbocycles. The highest BCUT2D eigenvalue weighted by atomic mass is 19.1. The van der Waals surface area contributed by atoms with E-state index in [1.807, 2.05) is 23.1 Å². The maximum absolute atomic E-state index is 13.9. The lowest BCUT2D eigenvalue weighted by atomic mass is 9.70. The first kappa shape index (κ1) is 20.2. The largest absolute Gasteiger partial charge is 0.504 e. The van der Waals surface area contributed by atoms with Gasteiger partial charge in [-0.25, -0.2) is 4.39 Å². The molecule has 5 rings (SSSR count). The van der Waals surface area contributed by atoms with Crippen LogP contribution < -0.4 is 5.32 Å². The highest BCUT2D eigenvalue weighted by molar-refractivity contribution is 6.12. The van der Waals surface area contributed by atoms with Gasteiger partial charge < -0.3 is 15.5 Å². The maximum atomic E-state index is 13.9. The molecule has 0 aromatic heterocycles. The second kappa shape index (κ2) is 7.17. The van der Waals surface area contributed by atoms with Crippen LogP contribution in [0.3, 0.4) is 0 Å². The molecule has 3 aromatic rings. The second-order valence-corrected chi connectivity index (χ2v) is 8.35. The van der Waals surface area contributed by atoms with Crippen LogP contribution in [0.4, 0.5) is 10.1 Å². The summed E-state index contributed by atoms with van der Waals surface area (Å²) in [5, 5.41) is 22.8. The summed E-state index contributed by atoms with van der Waals surface area (Å²) in [5.74, 6) is -2.91. The van der Waals surface area contributed by atoms with Crippen LogP contribution >= 0.6 is 0 Å². The Labute approximate surface area is 183 Å². The molecular formula is C25H21FN2O4. The number of ketones is 1. The average Bonchev–Trinajstić information content (AvgIpc) is 3.25. The Balaban J connectivity index is 1.73. The number of benzene rings is 3. The Morgan fingerprint density at radius 3 is 2.50 bits per heavy atom. The van der Waals surface area contributed by atoms with E-state index in [2.05, 4.69) is 5.32 Å². The molecular weight excluding hydrogens is 411 g/mol. The number of anilines is 1. The van der Waals surface area contributed by atoms with Gasteiger partial charge in [0, 0.05) is 29.3 Å². The smallest absolute Gasteiger partial charge is 0.250 e. The van der Waals surface area contributed by atoms with Crippen molar-refractivity contribution in [3.05, 3.63) is 89.2 Å². The Morgan fingerprint density at radius 2 is 1.78 bits per heavy atom. The molecule has 3 unspecified atom stereocenters. The molecule has 2 aliphatic heterocycles. The molecule has 1 spiro atoms. The fraction of sp³-hybridized carbons (Fsp3) is 0.200. The SMILES string of the molecule is CN1CC(c2ccc(O)c(O)c2)C(C(=O)c2ccc(F)cc2)C12C(=O)Nc1ccccc12. The van der Waals surface area contributed by atoms with E-state index in [0.29, 0.717) is 28.9 Å². The molecule has 3 atom stereocenters. The van der Waals surface area contributed by atoms with Gasteiger partial charge in [0.1, 0.15) is 11.4 Å². The van der Waals surface area contributed by atoms with E-state index in [0.717, 1.165) is 0 Å². The van der Waals surface area contributed by atoms with Crippen LogP contribution in [-0.4, -0.2) is 40.4 Å². The minimum atomic E-state index is -1.26. The van der Waals surface area contributed by atoms with Crippen LogP contribution in [0.25, 0.3) is 0 Å². The second-order valence-electron chi connectivity index (χ2n) is 8.35. The van der Waals surface area contributed by atoms with Gasteiger partial charge >= 0.3 is 0 Å². The fourth-order valence-electron chi connectivity index (χ4n) is 5.26. The Kier molecular flexibility index (Phi) is 4.53. The number of carbonyl (C=O) groups is 2. The number of fused-ring (bicyclic) bond motifs is 2. The van der Waals surface area contributed by atoms with Gasteiger partial charge in [0.2, 0.25) is 5.91 Å². The van der Waals surface area contributed by atoms with Crippen LogP contribution in [0, 0.1) is 11.7 Å². The highest BCUT2D eigenvalue weighted by Crippen LogP contribution is 2.55. The van der Waals surface area contributed by atoms with Crippen LogP contribution in [0.1, 0.15) is 27.4 Å². The standard InChI is InChI=1S/C25H21FN2O4/c1-28-13-17(15-8-11-20(29)21(30)12-15)22(23(31)14-6-9-16(26)10-7-14)25(28)18-4-2-3-5-19(18)27-24(25)32/h2-12,17,22,29-30H,13H2,1H3,(H,27,32). The van der Waals surface area contributed by atoms with E-state index in [4.69, 9.17) is 0 Å². The van der Waals surface area contributed by atoms with Crippen molar-refractivity contribution < 1.29 is 24.2 Å². The molecule has 162 valence electrons. The summed E-state index contributed by atoms with van der Waals surface area (Å²) in [6.45, 7) is 0.365. The molecule has 1 amide bonds. The molecule has 2 aliphatic rings. The first-order valence-corrected chi connectivity index (χ1v) is 10.3. The van der Waals surface area contributed by atoms with Gasteiger partial charge in [-0.15, -0.1) is 0 Å². The van der Waals surface area contributed by atoms with Gasteiger partial charge in [0.15, 0.2) is 17.3 Å². The van der Waals surface area contributed by atoms with Crippen LogP contribution in [0.2, 0.25) is 0 Å². The summed E-state index contributed by atoms with van der Waals surface area (Å²) in [6.07, 6.45) is 0. The van der Waals surface area contributed by atoms with Crippen LogP contribution in [0.5, 0.6) is 11.5 Å². The predicted molar refractivity (Wildman–Crippen MR) is 116 cm³/mol. The molecule has 0 radical (unpaired) electrons. The number of hydrogen-bond acceptors (Lipinski definition) is 5. The van der Waals surface area contributed by atoms with Gasteiger partial charge in [0.25, 0.3) is 0 Å². The quantitative estimate of drug-likeness (QED) is 0.435. The first-order valence-electron chi connectivity index (χ1n) is 10.3. The number of hydrogen-bond donors (Lipinski definition) is 3. The monoisotopic (exact) mass is 432 g/mol. The fourth-order valence-corrected chi connectivity index (χ4v) is 5.26. The van der Waals surface area contributed by atoms with Crippen molar-refractivity contribution in [1.82, 2.24) is 4.90 Å². The van der Waals surface area contributed by atoms with Crippen molar-refractivity contribution in [3.63, 3.8) is 0 Å². The van der Waals surface area contributed by atoms with Crippen molar-refractivity contribution in [2.45, 2.75) is 11.5 Å². The lowest BCUT2D eigenvalue weighted by Crippen LogP contribution is -2.51. The number of carbonyl (C=O) groups excluding carboxylic acids is 2. The maximum Gasteiger partial charge on any atom is 0.250 e. The number of likely N-dealkylation sites (N-methyl/N-ethyl adjacent to an activating group) is 1. The van der Waals surface area contributed by atoms with Gasteiger partial charge in [-0.1, -0.05) is 24.3 Å². The van der Waals surface area contributed by atoms with Gasteiger partial charge in [-0.05, 0) is 55.1 Å². The number of Topliss-reactive ketones (excluding diaryl/α,β-unsaturated/α-hetero) is 1. The molecule has 1 saturated heterocycles. The molecule has 1 fully saturated rings. The highest BCUT2D eigenvalue weighted by Gasteiger charge is 2.64. The Morgan fingerprint density at radius 1 is 1.06 bits per heavy atom. The van der Waals surface area contributed by atoms with E-state index in [9.17, 15) is 24.2 Å². The number of aromatic hydroxyl groups is 2. The predicted octanol–water partition coefficient (Wildman–Crippen LogP) is 3.61. The van der Waals surface area contributed by atoms with Crippen LogP contribution in [0.15, 0.2) is 66.7 Å². The zero-order chi connectivity index (χ0) is 22.6. The van der Waals surface area contributed by atoms with Gasteiger partial charge in [-0.2, -0.15) is 0 Å². The summed E-state index contributed by atoms with van der Waals surface area (Å²) >= 11 is 0. The lowest BCUT2D eigenvalue weighted by Gasteiger charge is -2.35. The van der Waals surface area contributed by atoms with E-state index in [1.165, 1.54) is 36.4 Å². The molecule has 7 heteroatoms. The van der Waals surface area contributed by atoms with Crippen molar-refractivity contribution in [3.8, 4) is 11.5 Å². The van der Waals surface area contributed by atoms with Crippen molar-refractivity contribution in [2.24, 2.45) is 5.92 Å². The summed E-state index contributed by atoms with van der Waals surface area (Å²) in [4.78, 5) is 29.3. The number of nitrogens with zero attached hydrogens (tertiary/aromatic N) is 1. The van der Waals surface area contributed by atoms with E-state index < -0.39 is 23.2 Å². The number of likely N-dealkylation sites (tertiary alicyclic amines) is 1. The molecule has 0 bridgehead atoms. The number of amides is 1. The minimum Gasteiger partial charge on any atom is -0.504 e. The topological polar surface area (TPSA) is 89.9 Å². The van der Waals surface area contributed by atoms with E-state index in [1.54, 1.807) is 19.2 Å². The summed E-state index contributed by atoms with van der Waals surface area (Å²) < 4.78 is 13.5.